The van der Waals surface area contributed by atoms with E-state index in [9.17, 15) is 24.0 Å². The minimum Gasteiger partial charge on any atom is -0.462 e. The normalized spacial score (nSPS) is 19.1. The van der Waals surface area contributed by atoms with Crippen LogP contribution in [-0.2, 0) is 35.1 Å². The second kappa shape index (κ2) is 20.4. The molecule has 0 aliphatic heterocycles. The summed E-state index contributed by atoms with van der Waals surface area (Å²) in [6.07, 6.45) is 9.44. The monoisotopic (exact) mass is 683 g/mol. The highest BCUT2D eigenvalue weighted by Crippen LogP contribution is 2.38. The number of Topliss-reactive ketones (excluding diaryl/α,β-unsaturated/α-hetero) is 3. The predicted molar refractivity (Wildman–Crippen MR) is 192 cm³/mol. The number of alkyl carbamates (subject to hydrolysis) is 1. The van der Waals surface area contributed by atoms with Gasteiger partial charge in [0, 0.05) is 61.3 Å². The fourth-order valence-electron chi connectivity index (χ4n) is 7.07. The van der Waals surface area contributed by atoms with Crippen LogP contribution in [0.1, 0.15) is 139 Å². The molecule has 0 aromatic heterocycles. The van der Waals surface area contributed by atoms with Gasteiger partial charge >= 0.3 is 12.1 Å². The molecule has 0 bridgehead atoms. The molecule has 268 valence electrons. The highest BCUT2D eigenvalue weighted by atomic mass is 16.6. The number of ether oxygens (including phenoxy) is 2. The Hall–Kier alpha value is -4.25. The van der Waals surface area contributed by atoms with Gasteiger partial charge in [0.15, 0.2) is 0 Å². The molecule has 2 unspecified atom stereocenters. The smallest absolute Gasteiger partial charge is 0.407 e. The molecule has 0 saturated heterocycles. The Balaban J connectivity index is 1.03. The first-order valence-corrected chi connectivity index (χ1v) is 18.6. The van der Waals surface area contributed by atoms with Gasteiger partial charge in [-0.2, -0.15) is 0 Å². The maximum absolute atomic E-state index is 13.0. The quantitative estimate of drug-likeness (QED) is 0.0851. The average molecular weight is 684 g/mol. The number of esters is 1. The first-order chi connectivity index (χ1) is 24.2. The van der Waals surface area contributed by atoms with Gasteiger partial charge in [0.1, 0.15) is 29.6 Å². The Labute approximate surface area is 297 Å². The van der Waals surface area contributed by atoms with Crippen molar-refractivity contribution < 1.29 is 33.4 Å². The van der Waals surface area contributed by atoms with Crippen LogP contribution >= 0.6 is 0 Å². The largest absolute Gasteiger partial charge is 0.462 e. The van der Waals surface area contributed by atoms with E-state index < -0.39 is 12.2 Å². The second-order valence-corrected chi connectivity index (χ2v) is 13.8. The van der Waals surface area contributed by atoms with Crippen LogP contribution in [0, 0.1) is 23.7 Å². The van der Waals surface area contributed by atoms with Crippen molar-refractivity contribution in [3.8, 4) is 11.8 Å². The summed E-state index contributed by atoms with van der Waals surface area (Å²) < 4.78 is 11.5. The van der Waals surface area contributed by atoms with Crippen LogP contribution in [0.2, 0.25) is 0 Å². The average Bonchev–Trinajstić information content (AvgIpc) is 3.51. The molecule has 0 radical (unpaired) electrons. The Morgan fingerprint density at radius 3 is 2.14 bits per heavy atom. The highest BCUT2D eigenvalue weighted by Gasteiger charge is 2.38. The Kier molecular flexibility index (Phi) is 15.8. The van der Waals surface area contributed by atoms with Crippen molar-refractivity contribution in [1.82, 2.24) is 5.32 Å². The number of carbonyl (C=O) groups is 5. The fourth-order valence-corrected chi connectivity index (χ4v) is 7.07. The maximum atomic E-state index is 13.0. The molecule has 2 aromatic carbocycles. The molecule has 1 N–H and O–H groups in total. The molecule has 8 nitrogen and oxygen atoms in total. The van der Waals surface area contributed by atoms with E-state index in [0.717, 1.165) is 73.6 Å². The van der Waals surface area contributed by atoms with Gasteiger partial charge in [-0.25, -0.2) is 4.79 Å². The molecule has 50 heavy (non-hydrogen) atoms. The zero-order valence-electron chi connectivity index (χ0n) is 29.8. The van der Waals surface area contributed by atoms with Crippen molar-refractivity contribution in [2.75, 3.05) is 6.54 Å². The molecule has 2 aliphatic rings. The Bertz CT molecular complexity index is 1540. The third-order valence-corrected chi connectivity index (χ3v) is 9.91. The number of unbranched alkanes of at least 4 members (excludes halogenated alkanes) is 5. The first-order valence-electron chi connectivity index (χ1n) is 18.6. The summed E-state index contributed by atoms with van der Waals surface area (Å²) in [6.45, 7) is 4.02. The van der Waals surface area contributed by atoms with Crippen LogP contribution < -0.4 is 5.32 Å². The SMILES string of the molecule is CC[C@@H]1C[C@@H](OC(=O)CCC(C)=O)CC1C(=O)CCCCCCC(=O)CCCCCNC(=O)OC1Cc2ccccc2C#Cc2ccccc21. The molecule has 0 heterocycles. The summed E-state index contributed by atoms with van der Waals surface area (Å²) in [6, 6.07) is 15.7. The Morgan fingerprint density at radius 2 is 1.40 bits per heavy atom. The van der Waals surface area contributed by atoms with Crippen molar-refractivity contribution in [3.05, 3.63) is 70.8 Å². The number of benzene rings is 2. The number of rotatable bonds is 20. The molecule has 1 amide bonds. The van der Waals surface area contributed by atoms with Crippen LogP contribution in [0.25, 0.3) is 0 Å². The lowest BCUT2D eigenvalue weighted by molar-refractivity contribution is -0.150. The zero-order valence-corrected chi connectivity index (χ0v) is 29.8. The van der Waals surface area contributed by atoms with Crippen LogP contribution in [0.4, 0.5) is 4.79 Å². The number of nitrogens with one attached hydrogen (secondary N) is 1. The van der Waals surface area contributed by atoms with Gasteiger partial charge in [0.05, 0.1) is 6.42 Å². The standard InChI is InChI=1S/C42H53NO7/c1-3-31-27-36(49-41(47)25-22-30(2)44)29-38(31)39(46)21-9-5-4-7-18-35(45)19-8-6-14-26-43-42(48)50-40-28-34-17-11-10-15-32(34)23-24-33-16-12-13-20-37(33)40/h10-13,15-17,20,31,36,38,40H,3-9,14,18-19,21-22,25-29H2,1-2H3,(H,43,48)/t31-,36-,38?,40?/m1/s1. The summed E-state index contributed by atoms with van der Waals surface area (Å²) in [5.74, 6) is 6.77. The van der Waals surface area contributed by atoms with E-state index in [1.807, 2.05) is 48.5 Å². The minimum atomic E-state index is -0.450. The Morgan fingerprint density at radius 1 is 0.740 bits per heavy atom. The van der Waals surface area contributed by atoms with Crippen molar-refractivity contribution >= 4 is 29.4 Å². The fraction of sp³-hybridized carbons (Fsp3) is 0.548. The molecule has 8 heteroatoms. The third kappa shape index (κ3) is 12.6. The third-order valence-electron chi connectivity index (χ3n) is 9.91. The molecule has 2 aliphatic carbocycles. The maximum Gasteiger partial charge on any atom is 0.407 e. The number of hydrogen-bond donors (Lipinski definition) is 1. The van der Waals surface area contributed by atoms with Gasteiger partial charge in [0.2, 0.25) is 0 Å². The van der Waals surface area contributed by atoms with E-state index in [1.54, 1.807) is 0 Å². The van der Waals surface area contributed by atoms with Gasteiger partial charge in [-0.3, -0.25) is 14.4 Å². The lowest BCUT2D eigenvalue weighted by Gasteiger charge is -2.22. The molecule has 4 rings (SSSR count). The van der Waals surface area contributed by atoms with Crippen molar-refractivity contribution in [3.63, 3.8) is 0 Å². The van der Waals surface area contributed by atoms with Crippen molar-refractivity contribution in [2.24, 2.45) is 11.8 Å². The topological polar surface area (TPSA) is 116 Å². The molecule has 2 aromatic rings. The zero-order chi connectivity index (χ0) is 35.7. The molecule has 1 saturated carbocycles. The van der Waals surface area contributed by atoms with Crippen LogP contribution in [0.3, 0.4) is 0 Å². The molecule has 0 spiro atoms. The summed E-state index contributed by atoms with van der Waals surface area (Å²) >= 11 is 0. The van der Waals surface area contributed by atoms with Gasteiger partial charge in [-0.05, 0) is 69.1 Å². The van der Waals surface area contributed by atoms with E-state index in [1.165, 1.54) is 6.92 Å². The predicted octanol–water partition coefficient (Wildman–Crippen LogP) is 8.17. The number of hydrogen-bond acceptors (Lipinski definition) is 7. The highest BCUT2D eigenvalue weighted by molar-refractivity contribution is 5.82. The lowest BCUT2D eigenvalue weighted by atomic mass is 9.88. The van der Waals surface area contributed by atoms with Crippen LogP contribution in [-0.4, -0.2) is 42.1 Å². The summed E-state index contributed by atoms with van der Waals surface area (Å²) in [7, 11) is 0. The van der Waals surface area contributed by atoms with E-state index in [0.29, 0.717) is 45.1 Å². The van der Waals surface area contributed by atoms with E-state index >= 15 is 0 Å². The number of fused-ring (bicyclic) bond motifs is 2. The number of carbonyl (C=O) groups excluding carboxylic acids is 5. The summed E-state index contributed by atoms with van der Waals surface area (Å²) in [5, 5.41) is 2.88. The van der Waals surface area contributed by atoms with Crippen LogP contribution in [0.15, 0.2) is 48.5 Å². The van der Waals surface area contributed by atoms with Gasteiger partial charge in [-0.15, -0.1) is 0 Å². The second-order valence-electron chi connectivity index (χ2n) is 13.8. The van der Waals surface area contributed by atoms with Gasteiger partial charge < -0.3 is 19.6 Å². The first kappa shape index (κ1) is 38.6. The summed E-state index contributed by atoms with van der Waals surface area (Å²) in [5.41, 5.74) is 3.77. The van der Waals surface area contributed by atoms with Gasteiger partial charge in [-0.1, -0.05) is 80.8 Å². The van der Waals surface area contributed by atoms with Crippen molar-refractivity contribution in [1.29, 1.82) is 0 Å². The van der Waals surface area contributed by atoms with E-state index in [4.69, 9.17) is 9.47 Å². The summed E-state index contributed by atoms with van der Waals surface area (Å²) in [4.78, 5) is 61.3. The molecular weight excluding hydrogens is 630 g/mol. The van der Waals surface area contributed by atoms with Crippen molar-refractivity contribution in [2.45, 2.75) is 129 Å². The van der Waals surface area contributed by atoms with E-state index in [2.05, 4.69) is 24.1 Å². The molecular formula is C42H53NO7. The number of ketones is 3. The lowest BCUT2D eigenvalue weighted by Crippen LogP contribution is -2.28. The van der Waals surface area contributed by atoms with E-state index in [-0.39, 0.29) is 54.1 Å². The van der Waals surface area contributed by atoms with Gasteiger partial charge in [0.25, 0.3) is 0 Å². The minimum absolute atomic E-state index is 0.0327. The molecule has 4 atom stereocenters. The van der Waals surface area contributed by atoms with Crippen LogP contribution in [0.5, 0.6) is 0 Å². The number of amides is 1. The molecule has 1 fully saturated rings.